The molecular weight excluding hydrogens is 236 g/mol. The van der Waals surface area contributed by atoms with E-state index in [0.717, 1.165) is 24.3 Å². The predicted molar refractivity (Wildman–Crippen MR) is 77.7 cm³/mol. The van der Waals surface area contributed by atoms with Gasteiger partial charge < -0.3 is 10.6 Å². The van der Waals surface area contributed by atoms with Gasteiger partial charge in [0.05, 0.1) is 0 Å². The van der Waals surface area contributed by atoms with Gasteiger partial charge in [0, 0.05) is 25.7 Å². The summed E-state index contributed by atoms with van der Waals surface area (Å²) >= 11 is 0. The van der Waals surface area contributed by atoms with Crippen LogP contribution < -0.4 is 10.6 Å². The molecule has 2 aromatic carbocycles. The van der Waals surface area contributed by atoms with Crippen molar-refractivity contribution in [3.05, 3.63) is 65.7 Å². The van der Waals surface area contributed by atoms with Crippen LogP contribution in [0.2, 0.25) is 0 Å². The van der Waals surface area contributed by atoms with Crippen molar-refractivity contribution in [2.24, 2.45) is 0 Å². The number of para-hydroxylation sites is 1. The van der Waals surface area contributed by atoms with Gasteiger partial charge in [0.15, 0.2) is 0 Å². The van der Waals surface area contributed by atoms with Crippen molar-refractivity contribution in [3.8, 4) is 0 Å². The Kier molecular flexibility index (Phi) is 4.70. The molecule has 0 saturated heterocycles. The highest BCUT2D eigenvalue weighted by atomic mass is 16.1. The van der Waals surface area contributed by atoms with Gasteiger partial charge in [0.2, 0.25) is 5.91 Å². The van der Waals surface area contributed by atoms with Gasteiger partial charge in [-0.15, -0.1) is 0 Å². The first kappa shape index (κ1) is 13.3. The van der Waals surface area contributed by atoms with Gasteiger partial charge in [-0.1, -0.05) is 48.5 Å². The van der Waals surface area contributed by atoms with Crippen LogP contribution >= 0.6 is 0 Å². The van der Waals surface area contributed by atoms with E-state index in [-0.39, 0.29) is 5.91 Å². The lowest BCUT2D eigenvalue weighted by Gasteiger charge is -2.10. The molecule has 0 saturated carbocycles. The molecule has 0 heterocycles. The molecule has 3 nitrogen and oxygen atoms in total. The summed E-state index contributed by atoms with van der Waals surface area (Å²) in [7, 11) is 0. The van der Waals surface area contributed by atoms with Gasteiger partial charge in [0.25, 0.3) is 0 Å². The fourth-order valence-electron chi connectivity index (χ4n) is 1.92. The number of nitrogens with one attached hydrogen (secondary N) is 2. The molecule has 0 atom stereocenters. The first-order valence-electron chi connectivity index (χ1n) is 6.36. The Bertz CT molecular complexity index is 537. The van der Waals surface area contributed by atoms with E-state index in [1.165, 1.54) is 12.5 Å². The van der Waals surface area contributed by atoms with Crippen molar-refractivity contribution in [2.45, 2.75) is 20.0 Å². The molecule has 2 N–H and O–H groups in total. The van der Waals surface area contributed by atoms with E-state index in [2.05, 4.69) is 22.8 Å². The van der Waals surface area contributed by atoms with E-state index in [9.17, 15) is 4.79 Å². The van der Waals surface area contributed by atoms with Gasteiger partial charge in [-0.25, -0.2) is 0 Å². The van der Waals surface area contributed by atoms with E-state index >= 15 is 0 Å². The van der Waals surface area contributed by atoms with Crippen LogP contribution in [-0.2, 0) is 17.9 Å². The maximum Gasteiger partial charge on any atom is 0.221 e. The third kappa shape index (κ3) is 4.23. The number of carbonyl (C=O) groups is 1. The van der Waals surface area contributed by atoms with Crippen molar-refractivity contribution < 1.29 is 4.79 Å². The minimum atomic E-state index is -0.0458. The number of hydrogen-bond acceptors (Lipinski definition) is 2. The number of benzene rings is 2. The molecule has 0 aliphatic rings. The monoisotopic (exact) mass is 254 g/mol. The highest BCUT2D eigenvalue weighted by Crippen LogP contribution is 2.14. The Morgan fingerprint density at radius 3 is 2.37 bits per heavy atom. The highest BCUT2D eigenvalue weighted by Gasteiger charge is 2.02. The van der Waals surface area contributed by atoms with Gasteiger partial charge in [-0.2, -0.15) is 0 Å². The van der Waals surface area contributed by atoms with Crippen LogP contribution in [0.25, 0.3) is 0 Å². The smallest absolute Gasteiger partial charge is 0.221 e. The molecule has 1 amide bonds. The van der Waals surface area contributed by atoms with Crippen LogP contribution in [-0.4, -0.2) is 5.91 Å². The van der Waals surface area contributed by atoms with Crippen LogP contribution in [0.1, 0.15) is 18.1 Å². The van der Waals surface area contributed by atoms with E-state index in [0.29, 0.717) is 0 Å². The summed E-state index contributed by atoms with van der Waals surface area (Å²) in [6, 6.07) is 18.1. The minimum Gasteiger partial charge on any atom is -0.326 e. The molecule has 0 aliphatic heterocycles. The lowest BCUT2D eigenvalue weighted by atomic mass is 10.1. The summed E-state index contributed by atoms with van der Waals surface area (Å²) in [4.78, 5) is 11.1. The topological polar surface area (TPSA) is 41.1 Å². The van der Waals surface area contributed by atoms with E-state index in [1.54, 1.807) is 0 Å². The summed E-state index contributed by atoms with van der Waals surface area (Å²) in [5.41, 5.74) is 3.21. The van der Waals surface area contributed by atoms with E-state index in [4.69, 9.17) is 0 Å². The summed E-state index contributed by atoms with van der Waals surface area (Å²) in [6.45, 7) is 3.06. The highest BCUT2D eigenvalue weighted by molar-refractivity contribution is 5.89. The van der Waals surface area contributed by atoms with E-state index in [1.807, 2.05) is 42.5 Å². The second-order valence-corrected chi connectivity index (χ2v) is 4.43. The molecule has 98 valence electrons. The lowest BCUT2D eigenvalue weighted by Crippen LogP contribution is -2.15. The maximum atomic E-state index is 11.1. The number of anilines is 1. The number of carbonyl (C=O) groups excluding carboxylic acids is 1. The fraction of sp³-hybridized carbons (Fsp3) is 0.188. The number of hydrogen-bond donors (Lipinski definition) is 2. The molecule has 0 aromatic heterocycles. The predicted octanol–water partition coefficient (Wildman–Crippen LogP) is 2.93. The molecule has 0 radical (unpaired) electrons. The maximum absolute atomic E-state index is 11.1. The Hall–Kier alpha value is -2.13. The zero-order valence-corrected chi connectivity index (χ0v) is 11.0. The van der Waals surface area contributed by atoms with E-state index < -0.39 is 0 Å². The summed E-state index contributed by atoms with van der Waals surface area (Å²) in [5.74, 6) is -0.0458. The lowest BCUT2D eigenvalue weighted by molar-refractivity contribution is -0.114. The van der Waals surface area contributed by atoms with Crippen molar-refractivity contribution in [2.75, 3.05) is 5.32 Å². The molecule has 0 aliphatic carbocycles. The molecule has 0 spiro atoms. The molecule has 2 rings (SSSR count). The Morgan fingerprint density at radius 1 is 0.947 bits per heavy atom. The molecule has 2 aromatic rings. The van der Waals surface area contributed by atoms with Crippen LogP contribution in [0, 0.1) is 0 Å². The van der Waals surface area contributed by atoms with Crippen LogP contribution in [0.4, 0.5) is 5.69 Å². The van der Waals surface area contributed by atoms with Gasteiger partial charge >= 0.3 is 0 Å². The second kappa shape index (κ2) is 6.71. The third-order valence-electron chi connectivity index (χ3n) is 2.82. The number of rotatable bonds is 5. The average molecular weight is 254 g/mol. The first-order chi connectivity index (χ1) is 9.25. The number of amides is 1. The standard InChI is InChI=1S/C16H18N2O/c1-13(19)18-16-10-6-5-9-15(16)12-17-11-14-7-3-2-4-8-14/h2-10,17H,11-12H2,1H3,(H,18,19). The zero-order valence-electron chi connectivity index (χ0n) is 11.0. The van der Waals surface area contributed by atoms with Crippen LogP contribution in [0.3, 0.4) is 0 Å². The van der Waals surface area contributed by atoms with Gasteiger partial charge in [0.1, 0.15) is 0 Å². The first-order valence-corrected chi connectivity index (χ1v) is 6.36. The van der Waals surface area contributed by atoms with Crippen LogP contribution in [0.15, 0.2) is 54.6 Å². The molecular formula is C16H18N2O. The third-order valence-corrected chi connectivity index (χ3v) is 2.82. The molecule has 3 heteroatoms. The van der Waals surface area contributed by atoms with Crippen molar-refractivity contribution in [1.82, 2.24) is 5.32 Å². The minimum absolute atomic E-state index is 0.0458. The van der Waals surface area contributed by atoms with Crippen molar-refractivity contribution in [1.29, 1.82) is 0 Å². The molecule has 0 bridgehead atoms. The Morgan fingerprint density at radius 2 is 1.63 bits per heavy atom. The second-order valence-electron chi connectivity index (χ2n) is 4.43. The molecule has 19 heavy (non-hydrogen) atoms. The summed E-state index contributed by atoms with van der Waals surface area (Å²) in [5, 5.41) is 6.22. The van der Waals surface area contributed by atoms with Gasteiger partial charge in [-0.05, 0) is 17.2 Å². The summed E-state index contributed by atoms with van der Waals surface area (Å²) < 4.78 is 0. The Labute approximate surface area is 113 Å². The molecule has 0 unspecified atom stereocenters. The average Bonchev–Trinajstić information content (AvgIpc) is 2.41. The quantitative estimate of drug-likeness (QED) is 0.861. The van der Waals surface area contributed by atoms with Crippen molar-refractivity contribution >= 4 is 11.6 Å². The fourth-order valence-corrected chi connectivity index (χ4v) is 1.92. The normalized spacial score (nSPS) is 10.2. The zero-order chi connectivity index (χ0) is 13.5. The Balaban J connectivity index is 1.94. The van der Waals surface area contributed by atoms with Gasteiger partial charge in [-0.3, -0.25) is 4.79 Å². The van der Waals surface area contributed by atoms with Crippen LogP contribution in [0.5, 0.6) is 0 Å². The molecule has 0 fully saturated rings. The SMILES string of the molecule is CC(=O)Nc1ccccc1CNCc1ccccc1. The summed E-state index contributed by atoms with van der Waals surface area (Å²) in [6.07, 6.45) is 0. The van der Waals surface area contributed by atoms with Crippen molar-refractivity contribution in [3.63, 3.8) is 0 Å². The largest absolute Gasteiger partial charge is 0.326 e.